The van der Waals surface area contributed by atoms with Crippen LogP contribution in [0.1, 0.15) is 43.2 Å². The van der Waals surface area contributed by atoms with Gasteiger partial charge in [0.05, 0.1) is 0 Å². The Balaban J connectivity index is 1.75. The standard InChI is InChI=1S/C25H30NO2/c1-3-23(22-14-8-5-9-15-22)20(2)24(26-16-10-11-17-26)18-25(27)28-19-21-12-6-4-7-13-21/h3-9,12-15,20,23H,1,10-11,16-19H2,2H3/q+1/t20-,23+/m1/s1. The molecule has 0 unspecified atom stereocenters. The topological polar surface area (TPSA) is 29.3 Å². The summed E-state index contributed by atoms with van der Waals surface area (Å²) in [7, 11) is 0. The summed E-state index contributed by atoms with van der Waals surface area (Å²) >= 11 is 0. The van der Waals surface area contributed by atoms with Crippen LogP contribution in [0.2, 0.25) is 0 Å². The molecule has 1 aliphatic rings. The smallest absolute Gasteiger partial charge is 0.316 e. The van der Waals surface area contributed by atoms with Crippen molar-refractivity contribution in [3.05, 3.63) is 84.4 Å². The zero-order chi connectivity index (χ0) is 19.8. The third-order valence-corrected chi connectivity index (χ3v) is 5.58. The second-order valence-electron chi connectivity index (χ2n) is 7.47. The molecule has 1 heterocycles. The quantitative estimate of drug-likeness (QED) is 0.370. The van der Waals surface area contributed by atoms with Crippen LogP contribution in [-0.2, 0) is 16.1 Å². The molecule has 1 saturated heterocycles. The molecule has 2 aromatic rings. The van der Waals surface area contributed by atoms with E-state index >= 15 is 0 Å². The third-order valence-electron chi connectivity index (χ3n) is 5.58. The van der Waals surface area contributed by atoms with E-state index in [9.17, 15) is 4.79 Å². The molecular formula is C25H30NO2+. The summed E-state index contributed by atoms with van der Waals surface area (Å²) in [5.41, 5.74) is 3.42. The van der Waals surface area contributed by atoms with Gasteiger partial charge in [0.1, 0.15) is 26.1 Å². The first kappa shape index (κ1) is 20.1. The maximum atomic E-state index is 12.6. The largest absolute Gasteiger partial charge is 0.460 e. The van der Waals surface area contributed by atoms with Crippen molar-refractivity contribution in [3.8, 4) is 0 Å². The first-order valence-corrected chi connectivity index (χ1v) is 10.2. The Morgan fingerprint density at radius 3 is 2.29 bits per heavy atom. The van der Waals surface area contributed by atoms with Gasteiger partial charge in [-0.3, -0.25) is 4.79 Å². The van der Waals surface area contributed by atoms with Crippen molar-refractivity contribution >= 4 is 11.7 Å². The van der Waals surface area contributed by atoms with Gasteiger partial charge in [-0.1, -0.05) is 73.7 Å². The number of esters is 1. The van der Waals surface area contributed by atoms with Crippen LogP contribution in [0.15, 0.2) is 73.3 Å². The van der Waals surface area contributed by atoms with E-state index in [4.69, 9.17) is 4.74 Å². The number of benzene rings is 2. The molecule has 1 aliphatic heterocycles. The van der Waals surface area contributed by atoms with E-state index < -0.39 is 0 Å². The lowest BCUT2D eigenvalue weighted by Gasteiger charge is -2.21. The maximum absolute atomic E-state index is 12.6. The Morgan fingerprint density at radius 2 is 1.68 bits per heavy atom. The first-order chi connectivity index (χ1) is 13.7. The number of allylic oxidation sites excluding steroid dienone is 1. The van der Waals surface area contributed by atoms with Crippen molar-refractivity contribution < 1.29 is 14.1 Å². The second kappa shape index (κ2) is 10.0. The van der Waals surface area contributed by atoms with Gasteiger partial charge in [-0.05, 0) is 11.1 Å². The Bertz CT molecular complexity index is 803. The van der Waals surface area contributed by atoms with Crippen molar-refractivity contribution in [1.29, 1.82) is 0 Å². The fourth-order valence-electron chi connectivity index (χ4n) is 4.01. The molecule has 0 radical (unpaired) electrons. The zero-order valence-electron chi connectivity index (χ0n) is 16.7. The molecule has 0 N–H and O–H groups in total. The molecule has 0 amide bonds. The predicted octanol–water partition coefficient (Wildman–Crippen LogP) is 4.97. The Morgan fingerprint density at radius 1 is 1.07 bits per heavy atom. The van der Waals surface area contributed by atoms with E-state index in [0.29, 0.717) is 13.0 Å². The molecule has 2 aromatic carbocycles. The number of hydrogen-bond donors (Lipinski definition) is 0. The van der Waals surface area contributed by atoms with Gasteiger partial charge in [0, 0.05) is 24.7 Å². The second-order valence-corrected chi connectivity index (χ2v) is 7.47. The van der Waals surface area contributed by atoms with Crippen LogP contribution in [0.25, 0.3) is 0 Å². The number of carbonyl (C=O) groups is 1. The van der Waals surface area contributed by atoms with Crippen LogP contribution >= 0.6 is 0 Å². The van der Waals surface area contributed by atoms with Gasteiger partial charge in [0.2, 0.25) is 0 Å². The highest BCUT2D eigenvalue weighted by molar-refractivity contribution is 5.98. The van der Waals surface area contributed by atoms with E-state index in [-0.39, 0.29) is 17.8 Å². The number of hydrogen-bond acceptors (Lipinski definition) is 2. The van der Waals surface area contributed by atoms with Gasteiger partial charge in [-0.25, -0.2) is 4.58 Å². The summed E-state index contributed by atoms with van der Waals surface area (Å²) in [5.74, 6) is 0.217. The minimum absolute atomic E-state index is 0.159. The van der Waals surface area contributed by atoms with Crippen molar-refractivity contribution in [1.82, 2.24) is 0 Å². The fourth-order valence-corrected chi connectivity index (χ4v) is 4.01. The van der Waals surface area contributed by atoms with E-state index in [2.05, 4.69) is 42.3 Å². The molecule has 3 nitrogen and oxygen atoms in total. The summed E-state index contributed by atoms with van der Waals surface area (Å²) in [6.45, 7) is 8.64. The highest BCUT2D eigenvalue weighted by Crippen LogP contribution is 2.28. The van der Waals surface area contributed by atoms with Gasteiger partial charge in [-0.15, -0.1) is 6.58 Å². The van der Waals surface area contributed by atoms with Crippen LogP contribution in [0.4, 0.5) is 0 Å². The summed E-state index contributed by atoms with van der Waals surface area (Å²) in [5, 5.41) is 0. The third kappa shape index (κ3) is 5.19. The van der Waals surface area contributed by atoms with Crippen molar-refractivity contribution in [2.75, 3.05) is 13.1 Å². The molecule has 2 atom stereocenters. The van der Waals surface area contributed by atoms with Crippen molar-refractivity contribution in [2.45, 2.75) is 38.7 Å². The average molecular weight is 377 g/mol. The monoisotopic (exact) mass is 376 g/mol. The summed E-state index contributed by atoms with van der Waals surface area (Å²) in [4.78, 5) is 12.6. The fraction of sp³-hybridized carbons (Fsp3) is 0.360. The van der Waals surface area contributed by atoms with Crippen LogP contribution < -0.4 is 0 Å². The van der Waals surface area contributed by atoms with E-state index in [0.717, 1.165) is 18.7 Å². The maximum Gasteiger partial charge on any atom is 0.316 e. The Kier molecular flexibility index (Phi) is 7.18. The van der Waals surface area contributed by atoms with Gasteiger partial charge in [0.25, 0.3) is 0 Å². The molecule has 3 rings (SSSR count). The molecule has 0 aromatic heterocycles. The van der Waals surface area contributed by atoms with E-state index in [1.54, 1.807) is 0 Å². The Hall–Kier alpha value is -2.68. The highest BCUT2D eigenvalue weighted by Gasteiger charge is 2.32. The normalized spacial score (nSPS) is 15.7. The summed E-state index contributed by atoms with van der Waals surface area (Å²) in [6.07, 6.45) is 4.70. The number of nitrogens with zero attached hydrogens (tertiary/aromatic N) is 1. The molecule has 0 spiro atoms. The van der Waals surface area contributed by atoms with E-state index in [1.807, 2.05) is 42.5 Å². The molecule has 146 valence electrons. The lowest BCUT2D eigenvalue weighted by Crippen LogP contribution is -2.31. The van der Waals surface area contributed by atoms with Crippen molar-refractivity contribution in [2.24, 2.45) is 5.92 Å². The Labute approximate surface area is 168 Å². The molecule has 1 fully saturated rings. The SMILES string of the molecule is C=C[C@H](c1ccccc1)[C@@H](C)C(CC(=O)OCc1ccccc1)=[N+]1CCCC1. The minimum atomic E-state index is -0.159. The van der Waals surface area contributed by atoms with Gasteiger partial charge < -0.3 is 4.74 Å². The summed E-state index contributed by atoms with van der Waals surface area (Å²) < 4.78 is 7.96. The summed E-state index contributed by atoms with van der Waals surface area (Å²) in [6, 6.07) is 20.3. The van der Waals surface area contributed by atoms with E-state index in [1.165, 1.54) is 24.1 Å². The lowest BCUT2D eigenvalue weighted by molar-refractivity contribution is -0.509. The van der Waals surface area contributed by atoms with Crippen molar-refractivity contribution in [3.63, 3.8) is 0 Å². The molecule has 0 bridgehead atoms. The van der Waals surface area contributed by atoms with Crippen LogP contribution in [-0.4, -0.2) is 29.3 Å². The van der Waals surface area contributed by atoms with Crippen LogP contribution in [0, 0.1) is 5.92 Å². The molecule has 0 saturated carbocycles. The minimum Gasteiger partial charge on any atom is -0.460 e. The predicted molar refractivity (Wildman–Crippen MR) is 114 cm³/mol. The molecule has 28 heavy (non-hydrogen) atoms. The first-order valence-electron chi connectivity index (χ1n) is 10.2. The number of carbonyl (C=O) groups excluding carboxylic acids is 1. The highest BCUT2D eigenvalue weighted by atomic mass is 16.5. The number of rotatable bonds is 8. The van der Waals surface area contributed by atoms with Gasteiger partial charge in [-0.2, -0.15) is 0 Å². The molecule has 3 heteroatoms. The zero-order valence-corrected chi connectivity index (χ0v) is 16.7. The van der Waals surface area contributed by atoms with Gasteiger partial charge in [0.15, 0.2) is 5.71 Å². The lowest BCUT2D eigenvalue weighted by atomic mass is 9.83. The molecular weight excluding hydrogens is 346 g/mol. The van der Waals surface area contributed by atoms with Gasteiger partial charge >= 0.3 is 5.97 Å². The van der Waals surface area contributed by atoms with Crippen LogP contribution in [0.5, 0.6) is 0 Å². The van der Waals surface area contributed by atoms with Crippen LogP contribution in [0.3, 0.4) is 0 Å². The number of ether oxygens (including phenoxy) is 1. The molecule has 0 aliphatic carbocycles. The average Bonchev–Trinajstić information content (AvgIpc) is 3.27.